The van der Waals surface area contributed by atoms with Gasteiger partial charge in [0.25, 0.3) is 0 Å². The van der Waals surface area contributed by atoms with E-state index in [2.05, 4.69) is 23.7 Å². The molecule has 2 N–H and O–H groups in total. The summed E-state index contributed by atoms with van der Waals surface area (Å²) in [6.07, 6.45) is 6.82. The number of likely N-dealkylation sites (tertiary alicyclic amines) is 1. The highest BCUT2D eigenvalue weighted by molar-refractivity contribution is 5.79. The maximum atomic E-state index is 6.06. The Balaban J connectivity index is 2.04. The quantitative estimate of drug-likeness (QED) is 0.530. The number of nitrogens with zero attached hydrogens (tertiary/aromatic N) is 2. The molecule has 3 nitrogen and oxygen atoms in total. The fraction of sp³-hybridized carbons (Fsp3) is 0.917. The lowest BCUT2D eigenvalue weighted by molar-refractivity contribution is 0.251. The van der Waals surface area contributed by atoms with Gasteiger partial charge in [-0.15, -0.1) is 0 Å². The van der Waals surface area contributed by atoms with Crippen LogP contribution in [0.25, 0.3) is 0 Å². The Bertz CT molecular complexity index is 247. The van der Waals surface area contributed by atoms with Crippen LogP contribution in [0.2, 0.25) is 0 Å². The van der Waals surface area contributed by atoms with E-state index in [1.807, 2.05) is 0 Å². The van der Waals surface area contributed by atoms with Crippen molar-refractivity contribution in [2.45, 2.75) is 58.0 Å². The first-order valence-electron chi connectivity index (χ1n) is 6.28. The van der Waals surface area contributed by atoms with Crippen molar-refractivity contribution < 1.29 is 0 Å². The average molecular weight is 209 g/mol. The summed E-state index contributed by atoms with van der Waals surface area (Å²) >= 11 is 0. The van der Waals surface area contributed by atoms with E-state index in [9.17, 15) is 0 Å². The molecule has 0 aromatic rings. The molecule has 3 heteroatoms. The first kappa shape index (κ1) is 10.8. The lowest BCUT2D eigenvalue weighted by Crippen LogP contribution is -2.43. The summed E-state index contributed by atoms with van der Waals surface area (Å²) in [6, 6.07) is 1.01. The van der Waals surface area contributed by atoms with Crippen molar-refractivity contribution in [3.63, 3.8) is 0 Å². The van der Waals surface area contributed by atoms with Crippen LogP contribution in [0.15, 0.2) is 4.99 Å². The predicted octanol–water partition coefficient (Wildman–Crippen LogP) is 1.97. The lowest BCUT2D eigenvalue weighted by Gasteiger charge is -2.32. The van der Waals surface area contributed by atoms with Crippen LogP contribution in [0.1, 0.15) is 46.0 Å². The fourth-order valence-corrected chi connectivity index (χ4v) is 3.03. The lowest BCUT2D eigenvalue weighted by atomic mass is 9.85. The van der Waals surface area contributed by atoms with Gasteiger partial charge in [-0.2, -0.15) is 0 Å². The molecule has 2 fully saturated rings. The highest BCUT2D eigenvalue weighted by atomic mass is 15.3. The first-order chi connectivity index (χ1) is 7.18. The van der Waals surface area contributed by atoms with E-state index in [0.717, 1.165) is 18.4 Å². The topological polar surface area (TPSA) is 41.6 Å². The molecule has 2 unspecified atom stereocenters. The Labute approximate surface area is 92.7 Å². The van der Waals surface area contributed by atoms with Crippen LogP contribution in [0.3, 0.4) is 0 Å². The summed E-state index contributed by atoms with van der Waals surface area (Å²) in [7, 11) is 0. The smallest absolute Gasteiger partial charge is 0.191 e. The Morgan fingerprint density at radius 3 is 2.73 bits per heavy atom. The minimum atomic E-state index is 0.313. The maximum Gasteiger partial charge on any atom is 0.191 e. The summed E-state index contributed by atoms with van der Waals surface area (Å²) in [5, 5.41) is 0. The van der Waals surface area contributed by atoms with Gasteiger partial charge < -0.3 is 10.6 Å². The van der Waals surface area contributed by atoms with Crippen LogP contribution in [0.4, 0.5) is 0 Å². The second kappa shape index (κ2) is 4.42. The van der Waals surface area contributed by atoms with Crippen LogP contribution >= 0.6 is 0 Å². The number of aliphatic imine (C=N–C) groups is 1. The summed E-state index contributed by atoms with van der Waals surface area (Å²) < 4.78 is 0. The molecule has 1 saturated carbocycles. The molecule has 0 bridgehead atoms. The highest BCUT2D eigenvalue weighted by Crippen LogP contribution is 2.35. The summed E-state index contributed by atoms with van der Waals surface area (Å²) in [6.45, 7) is 5.29. The van der Waals surface area contributed by atoms with E-state index in [1.54, 1.807) is 0 Å². The summed E-state index contributed by atoms with van der Waals surface area (Å²) in [4.78, 5) is 6.82. The molecule has 2 atom stereocenters. The van der Waals surface area contributed by atoms with Gasteiger partial charge in [0.1, 0.15) is 0 Å². The minimum Gasteiger partial charge on any atom is -0.370 e. The van der Waals surface area contributed by atoms with Crippen molar-refractivity contribution in [2.24, 2.45) is 16.6 Å². The number of rotatable bonds is 1. The van der Waals surface area contributed by atoms with Gasteiger partial charge in [0.05, 0.1) is 0 Å². The molecule has 1 aliphatic heterocycles. The van der Waals surface area contributed by atoms with Crippen LogP contribution < -0.4 is 5.73 Å². The van der Waals surface area contributed by atoms with Crippen molar-refractivity contribution in [3.8, 4) is 0 Å². The Morgan fingerprint density at radius 2 is 2.00 bits per heavy atom. The Hall–Kier alpha value is -0.730. The predicted molar refractivity (Wildman–Crippen MR) is 63.8 cm³/mol. The van der Waals surface area contributed by atoms with E-state index in [0.29, 0.717) is 12.1 Å². The third-order valence-corrected chi connectivity index (χ3v) is 3.69. The largest absolute Gasteiger partial charge is 0.370 e. The van der Waals surface area contributed by atoms with Crippen molar-refractivity contribution in [1.29, 1.82) is 0 Å². The van der Waals surface area contributed by atoms with Gasteiger partial charge in [0.2, 0.25) is 0 Å². The zero-order valence-electron chi connectivity index (χ0n) is 9.95. The molecule has 2 aliphatic rings. The molecule has 86 valence electrons. The van der Waals surface area contributed by atoms with Gasteiger partial charge >= 0.3 is 0 Å². The van der Waals surface area contributed by atoms with Crippen molar-refractivity contribution in [2.75, 3.05) is 6.54 Å². The highest BCUT2D eigenvalue weighted by Gasteiger charge is 2.36. The van der Waals surface area contributed by atoms with Gasteiger partial charge in [-0.05, 0) is 39.0 Å². The molecule has 0 aromatic heterocycles. The Morgan fingerprint density at radius 1 is 1.27 bits per heavy atom. The van der Waals surface area contributed by atoms with Gasteiger partial charge in [0, 0.05) is 18.6 Å². The van der Waals surface area contributed by atoms with Crippen molar-refractivity contribution in [3.05, 3.63) is 0 Å². The summed E-state index contributed by atoms with van der Waals surface area (Å²) in [5.74, 6) is 1.67. The number of fused-ring (bicyclic) bond motifs is 1. The van der Waals surface area contributed by atoms with E-state index in [4.69, 9.17) is 5.73 Å². The zero-order valence-corrected chi connectivity index (χ0v) is 9.95. The monoisotopic (exact) mass is 209 g/mol. The molecule has 0 aromatic carbocycles. The van der Waals surface area contributed by atoms with Crippen LogP contribution in [0.5, 0.6) is 0 Å². The van der Waals surface area contributed by atoms with E-state index < -0.39 is 0 Å². The molecular formula is C12H23N3. The zero-order chi connectivity index (χ0) is 10.8. The molecule has 0 radical (unpaired) electrons. The van der Waals surface area contributed by atoms with Crippen molar-refractivity contribution >= 4 is 5.96 Å². The molecule has 2 rings (SSSR count). The molecule has 1 saturated heterocycles. The second-order valence-electron chi connectivity index (χ2n) is 5.18. The van der Waals surface area contributed by atoms with Crippen molar-refractivity contribution in [1.82, 2.24) is 4.90 Å². The SMILES string of the molecule is CC(C)N=C(N)N1CCC2CCCCC21. The maximum absolute atomic E-state index is 6.06. The number of guanidine groups is 1. The minimum absolute atomic E-state index is 0.313. The van der Waals surface area contributed by atoms with Gasteiger partial charge in [-0.3, -0.25) is 4.99 Å². The fourth-order valence-electron chi connectivity index (χ4n) is 3.03. The second-order valence-corrected chi connectivity index (χ2v) is 5.18. The molecule has 15 heavy (non-hydrogen) atoms. The molecule has 0 amide bonds. The molecular weight excluding hydrogens is 186 g/mol. The van der Waals surface area contributed by atoms with Gasteiger partial charge in [-0.25, -0.2) is 0 Å². The average Bonchev–Trinajstić information content (AvgIpc) is 2.59. The van der Waals surface area contributed by atoms with E-state index >= 15 is 0 Å². The number of nitrogens with two attached hydrogens (primary N) is 1. The molecule has 1 aliphatic carbocycles. The van der Waals surface area contributed by atoms with Crippen LogP contribution in [0, 0.1) is 5.92 Å². The normalized spacial score (nSPS) is 32.2. The van der Waals surface area contributed by atoms with Gasteiger partial charge in [-0.1, -0.05) is 12.8 Å². The van der Waals surface area contributed by atoms with Crippen LogP contribution in [-0.4, -0.2) is 29.5 Å². The first-order valence-corrected chi connectivity index (χ1v) is 6.28. The van der Waals surface area contributed by atoms with Crippen LogP contribution in [-0.2, 0) is 0 Å². The molecule has 1 heterocycles. The third-order valence-electron chi connectivity index (χ3n) is 3.69. The standard InChI is InChI=1S/C12H23N3/c1-9(2)14-12(13)15-8-7-10-5-3-4-6-11(10)15/h9-11H,3-8H2,1-2H3,(H2,13,14). The van der Waals surface area contributed by atoms with E-state index in [1.165, 1.54) is 32.1 Å². The third kappa shape index (κ3) is 2.27. The number of hydrogen-bond acceptors (Lipinski definition) is 1. The van der Waals surface area contributed by atoms with Gasteiger partial charge in [0.15, 0.2) is 5.96 Å². The number of hydrogen-bond donors (Lipinski definition) is 1. The summed E-state index contributed by atoms with van der Waals surface area (Å²) in [5.41, 5.74) is 6.06. The van der Waals surface area contributed by atoms with E-state index in [-0.39, 0.29) is 0 Å². The Kier molecular flexibility index (Phi) is 3.17. The molecule has 0 spiro atoms.